The molecule has 3 rings (SSSR count). The molecule has 0 aliphatic rings. The van der Waals surface area contributed by atoms with Crippen molar-refractivity contribution in [2.24, 2.45) is 0 Å². The predicted octanol–water partition coefficient (Wildman–Crippen LogP) is 5.76. The standard InChI is InChI=1S/C20H17ClN2OS/c1-13-5-3-4-6-17(13)20(24)23-16-8-10-19(22-12-16)25-18-9-7-15(21)11-14(18)2/h3-12H,1-2H3,(H,23,24). The van der Waals surface area contributed by atoms with Crippen LogP contribution in [0.5, 0.6) is 0 Å². The molecule has 0 bridgehead atoms. The van der Waals surface area contributed by atoms with Crippen molar-refractivity contribution < 1.29 is 4.79 Å². The average molecular weight is 369 g/mol. The number of carbonyl (C=O) groups excluding carboxylic acids is 1. The molecule has 1 amide bonds. The zero-order valence-electron chi connectivity index (χ0n) is 13.9. The van der Waals surface area contributed by atoms with Crippen LogP contribution in [0, 0.1) is 13.8 Å². The molecule has 0 spiro atoms. The van der Waals surface area contributed by atoms with Crippen LogP contribution in [0.15, 0.2) is 70.7 Å². The molecule has 1 N–H and O–H groups in total. The Labute approximate surface area is 156 Å². The fourth-order valence-electron chi connectivity index (χ4n) is 2.38. The van der Waals surface area contributed by atoms with Crippen LogP contribution in [0.2, 0.25) is 5.02 Å². The molecule has 5 heteroatoms. The summed E-state index contributed by atoms with van der Waals surface area (Å²) >= 11 is 7.55. The van der Waals surface area contributed by atoms with Crippen LogP contribution in [-0.2, 0) is 0 Å². The Bertz CT molecular complexity index is 910. The van der Waals surface area contributed by atoms with Gasteiger partial charge in [-0.15, -0.1) is 0 Å². The first-order valence-corrected chi connectivity index (χ1v) is 8.99. The number of amides is 1. The van der Waals surface area contributed by atoms with Crippen molar-refractivity contribution >= 4 is 35.0 Å². The molecule has 0 unspecified atom stereocenters. The van der Waals surface area contributed by atoms with Crippen molar-refractivity contribution in [2.45, 2.75) is 23.8 Å². The number of pyridine rings is 1. The second-order valence-electron chi connectivity index (χ2n) is 5.67. The van der Waals surface area contributed by atoms with Gasteiger partial charge in [0.05, 0.1) is 11.9 Å². The smallest absolute Gasteiger partial charge is 0.255 e. The van der Waals surface area contributed by atoms with Crippen molar-refractivity contribution in [3.8, 4) is 0 Å². The largest absolute Gasteiger partial charge is 0.321 e. The molecule has 0 atom stereocenters. The number of hydrogen-bond acceptors (Lipinski definition) is 3. The Morgan fingerprint density at radius 3 is 2.52 bits per heavy atom. The van der Waals surface area contributed by atoms with Crippen LogP contribution in [-0.4, -0.2) is 10.9 Å². The minimum absolute atomic E-state index is 0.131. The van der Waals surface area contributed by atoms with Crippen LogP contribution in [0.4, 0.5) is 5.69 Å². The summed E-state index contributed by atoms with van der Waals surface area (Å²) in [7, 11) is 0. The maximum absolute atomic E-state index is 12.3. The number of carbonyl (C=O) groups is 1. The minimum atomic E-state index is -0.131. The summed E-state index contributed by atoms with van der Waals surface area (Å²) in [5.41, 5.74) is 3.39. The summed E-state index contributed by atoms with van der Waals surface area (Å²) in [5.74, 6) is -0.131. The Morgan fingerprint density at radius 2 is 1.84 bits per heavy atom. The van der Waals surface area contributed by atoms with Crippen molar-refractivity contribution in [2.75, 3.05) is 5.32 Å². The van der Waals surface area contributed by atoms with E-state index in [2.05, 4.69) is 10.3 Å². The zero-order chi connectivity index (χ0) is 17.8. The highest BCUT2D eigenvalue weighted by Crippen LogP contribution is 2.30. The molecule has 1 heterocycles. The molecular formula is C20H17ClN2OS. The Morgan fingerprint density at radius 1 is 1.04 bits per heavy atom. The third-order valence-corrected chi connectivity index (χ3v) is 5.10. The first-order valence-electron chi connectivity index (χ1n) is 7.80. The van der Waals surface area contributed by atoms with Crippen molar-refractivity contribution in [3.63, 3.8) is 0 Å². The lowest BCUT2D eigenvalue weighted by Gasteiger charge is -2.09. The van der Waals surface area contributed by atoms with Gasteiger partial charge < -0.3 is 5.32 Å². The molecule has 1 aromatic heterocycles. The first kappa shape index (κ1) is 17.5. The average Bonchev–Trinajstić information content (AvgIpc) is 2.59. The van der Waals surface area contributed by atoms with Gasteiger partial charge in [0.15, 0.2) is 0 Å². The van der Waals surface area contributed by atoms with Gasteiger partial charge in [-0.25, -0.2) is 4.98 Å². The van der Waals surface area contributed by atoms with E-state index in [0.717, 1.165) is 26.1 Å². The van der Waals surface area contributed by atoms with Crippen LogP contribution >= 0.6 is 23.4 Å². The maximum Gasteiger partial charge on any atom is 0.255 e. The van der Waals surface area contributed by atoms with E-state index in [0.29, 0.717) is 11.3 Å². The second kappa shape index (κ2) is 7.72. The summed E-state index contributed by atoms with van der Waals surface area (Å²) in [6.07, 6.45) is 1.67. The molecule has 0 aliphatic carbocycles. The predicted molar refractivity (Wildman–Crippen MR) is 104 cm³/mol. The Balaban J connectivity index is 1.70. The third kappa shape index (κ3) is 4.41. The number of benzene rings is 2. The molecule has 2 aromatic carbocycles. The van der Waals surface area contributed by atoms with E-state index in [-0.39, 0.29) is 5.91 Å². The molecule has 3 aromatic rings. The molecule has 0 saturated carbocycles. The van der Waals surface area contributed by atoms with Gasteiger partial charge in [-0.05, 0) is 61.4 Å². The molecule has 126 valence electrons. The Kier molecular flexibility index (Phi) is 5.41. The summed E-state index contributed by atoms with van der Waals surface area (Å²) in [4.78, 5) is 17.9. The van der Waals surface area contributed by atoms with Crippen molar-refractivity contribution in [1.29, 1.82) is 0 Å². The van der Waals surface area contributed by atoms with Gasteiger partial charge in [-0.3, -0.25) is 4.79 Å². The van der Waals surface area contributed by atoms with Gasteiger partial charge in [0.25, 0.3) is 5.91 Å². The Hall–Kier alpha value is -2.30. The highest BCUT2D eigenvalue weighted by molar-refractivity contribution is 7.99. The van der Waals surface area contributed by atoms with Crippen molar-refractivity contribution in [1.82, 2.24) is 4.98 Å². The van der Waals surface area contributed by atoms with E-state index in [1.165, 1.54) is 0 Å². The van der Waals surface area contributed by atoms with Crippen LogP contribution in [0.1, 0.15) is 21.5 Å². The number of nitrogens with one attached hydrogen (secondary N) is 1. The molecule has 3 nitrogen and oxygen atoms in total. The van der Waals surface area contributed by atoms with Gasteiger partial charge in [0, 0.05) is 15.5 Å². The van der Waals surface area contributed by atoms with E-state index in [1.54, 1.807) is 18.0 Å². The molecule has 0 radical (unpaired) electrons. The van der Waals surface area contributed by atoms with Crippen LogP contribution in [0.25, 0.3) is 0 Å². The quantitative estimate of drug-likeness (QED) is 0.637. The van der Waals surface area contributed by atoms with Crippen LogP contribution < -0.4 is 5.32 Å². The molecule has 25 heavy (non-hydrogen) atoms. The van der Waals surface area contributed by atoms with Gasteiger partial charge in [-0.1, -0.05) is 41.6 Å². The molecular weight excluding hydrogens is 352 g/mol. The summed E-state index contributed by atoms with van der Waals surface area (Å²) in [6.45, 7) is 3.94. The van der Waals surface area contributed by atoms with Gasteiger partial charge in [-0.2, -0.15) is 0 Å². The van der Waals surface area contributed by atoms with E-state index < -0.39 is 0 Å². The second-order valence-corrected chi connectivity index (χ2v) is 7.16. The summed E-state index contributed by atoms with van der Waals surface area (Å²) in [5, 5.41) is 4.47. The van der Waals surface area contributed by atoms with E-state index >= 15 is 0 Å². The van der Waals surface area contributed by atoms with E-state index in [4.69, 9.17) is 11.6 Å². The lowest BCUT2D eigenvalue weighted by molar-refractivity contribution is 0.102. The molecule has 0 fully saturated rings. The summed E-state index contributed by atoms with van der Waals surface area (Å²) in [6, 6.07) is 17.0. The number of hydrogen-bond donors (Lipinski definition) is 1. The maximum atomic E-state index is 12.3. The normalized spacial score (nSPS) is 10.5. The third-order valence-electron chi connectivity index (χ3n) is 3.74. The molecule has 0 saturated heterocycles. The SMILES string of the molecule is Cc1cc(Cl)ccc1Sc1ccc(NC(=O)c2ccccc2C)cn1. The van der Waals surface area contributed by atoms with Gasteiger partial charge in [0.2, 0.25) is 0 Å². The first-order chi connectivity index (χ1) is 12.0. The summed E-state index contributed by atoms with van der Waals surface area (Å²) < 4.78 is 0. The lowest BCUT2D eigenvalue weighted by atomic mass is 10.1. The van der Waals surface area contributed by atoms with Gasteiger partial charge in [0.1, 0.15) is 5.03 Å². The lowest BCUT2D eigenvalue weighted by Crippen LogP contribution is -2.13. The topological polar surface area (TPSA) is 42.0 Å². The van der Waals surface area contributed by atoms with Crippen molar-refractivity contribution in [3.05, 3.63) is 82.5 Å². The van der Waals surface area contributed by atoms with E-state index in [9.17, 15) is 4.79 Å². The number of anilines is 1. The number of halogens is 1. The zero-order valence-corrected chi connectivity index (χ0v) is 15.5. The highest BCUT2D eigenvalue weighted by atomic mass is 35.5. The highest BCUT2D eigenvalue weighted by Gasteiger charge is 2.09. The number of rotatable bonds is 4. The number of nitrogens with zero attached hydrogens (tertiary/aromatic N) is 1. The van der Waals surface area contributed by atoms with Crippen LogP contribution in [0.3, 0.4) is 0 Å². The fraction of sp³-hybridized carbons (Fsp3) is 0.100. The fourth-order valence-corrected chi connectivity index (χ4v) is 3.43. The van der Waals surface area contributed by atoms with Gasteiger partial charge >= 0.3 is 0 Å². The van der Waals surface area contributed by atoms with E-state index in [1.807, 2.05) is 68.4 Å². The monoisotopic (exact) mass is 368 g/mol. The number of aryl methyl sites for hydroxylation is 2. The molecule has 0 aliphatic heterocycles. The minimum Gasteiger partial charge on any atom is -0.321 e. The number of aromatic nitrogens is 1.